The number of aliphatic imine (C=N–C) groups is 2. The highest BCUT2D eigenvalue weighted by atomic mass is 32.2. The van der Waals surface area contributed by atoms with Gasteiger partial charge in [-0.1, -0.05) is 6.07 Å². The van der Waals surface area contributed by atoms with Crippen LogP contribution in [0.25, 0.3) is 5.57 Å². The van der Waals surface area contributed by atoms with Crippen LogP contribution in [0.5, 0.6) is 0 Å². The molecule has 3 aromatic heterocycles. The first-order valence-corrected chi connectivity index (χ1v) is 17.3. The van der Waals surface area contributed by atoms with Crippen LogP contribution in [-0.4, -0.2) is 85.9 Å². The number of nitrogens with two attached hydrogens (primary N) is 1. The Kier molecular flexibility index (Phi) is 8.02. The van der Waals surface area contributed by atoms with Gasteiger partial charge >= 0.3 is 6.55 Å². The van der Waals surface area contributed by atoms with E-state index in [2.05, 4.69) is 29.9 Å². The average molecular weight is 671 g/mol. The second-order valence-electron chi connectivity index (χ2n) is 12.0. The molecule has 46 heavy (non-hydrogen) atoms. The van der Waals surface area contributed by atoms with Crippen molar-refractivity contribution in [3.63, 3.8) is 0 Å². The number of rotatable bonds is 9. The molecule has 17 heteroatoms. The fourth-order valence-electron chi connectivity index (χ4n) is 7.39. The summed E-state index contributed by atoms with van der Waals surface area (Å²) in [6.07, 6.45) is 7.89. The maximum Gasteiger partial charge on any atom is 0.333 e. The molecule has 0 amide bonds. The largest absolute Gasteiger partial charge is 0.383 e. The molecule has 5 heterocycles. The Morgan fingerprint density at radius 1 is 1.20 bits per heavy atom. The first-order chi connectivity index (χ1) is 22.1. The zero-order valence-electron chi connectivity index (χ0n) is 24.5. The standard InChI is InChI=1S/C29H32F2N10O3S2/c30-28(31)41-9-6-21(38-41)20-14-36-26(27-34-8-10-45-27)40-16-19(11-22(20)40)39-46(43,44)25-17-4-5-18(25)13-29(42,12-17)23(37-32)15-35-24-3-1-2-7-33-24/h1-3,6-10,15,17-19,25,28,39,42H,4-5,11-14,16,32H2. The van der Waals surface area contributed by atoms with Crippen molar-refractivity contribution in [3.8, 4) is 0 Å². The molecular weight excluding hydrogens is 639 g/mol. The Balaban J connectivity index is 1.11. The SMILES string of the molecule is NN=C(C=Nc1ccccn1)C1(O)CC2CCC(C1)C2S(=O)(=O)NC1CC2=C(c3ccn(C(F)F)n3)CN=C(c3nccs3)N2C1. The van der Waals surface area contributed by atoms with Crippen LogP contribution in [-0.2, 0) is 10.0 Å². The number of hydrogen-bond donors (Lipinski definition) is 3. The van der Waals surface area contributed by atoms with E-state index in [-0.39, 0.29) is 36.9 Å². The number of sulfonamides is 1. The first-order valence-electron chi connectivity index (χ1n) is 14.9. The molecule has 2 aliphatic carbocycles. The molecule has 3 fully saturated rings. The third-order valence-corrected chi connectivity index (χ3v) is 12.1. The summed E-state index contributed by atoms with van der Waals surface area (Å²) >= 11 is 1.42. The van der Waals surface area contributed by atoms with Crippen molar-refractivity contribution in [1.82, 2.24) is 29.4 Å². The van der Waals surface area contributed by atoms with Gasteiger partial charge in [0.15, 0.2) is 16.7 Å². The van der Waals surface area contributed by atoms with Gasteiger partial charge in [0.2, 0.25) is 10.0 Å². The predicted molar refractivity (Wildman–Crippen MR) is 169 cm³/mol. The molecule has 13 nitrogen and oxygen atoms in total. The van der Waals surface area contributed by atoms with E-state index in [1.807, 2.05) is 10.3 Å². The van der Waals surface area contributed by atoms with Crippen molar-refractivity contribution < 1.29 is 22.3 Å². The topological polar surface area (TPSA) is 176 Å². The highest BCUT2D eigenvalue weighted by molar-refractivity contribution is 7.90. The number of hydrogen-bond acceptors (Lipinski definition) is 12. The van der Waals surface area contributed by atoms with E-state index in [0.717, 1.165) is 5.70 Å². The van der Waals surface area contributed by atoms with Gasteiger partial charge in [-0.3, -0.25) is 4.99 Å². The number of aromatic nitrogens is 4. The lowest BCUT2D eigenvalue weighted by atomic mass is 9.75. The highest BCUT2D eigenvalue weighted by Gasteiger charge is 2.56. The van der Waals surface area contributed by atoms with Gasteiger partial charge in [0, 0.05) is 54.2 Å². The zero-order valence-corrected chi connectivity index (χ0v) is 26.2. The number of halogens is 2. The smallest absolute Gasteiger partial charge is 0.333 e. The molecule has 4 aliphatic rings. The number of nitrogens with zero attached hydrogens (tertiary/aromatic N) is 8. The lowest BCUT2D eigenvalue weighted by Crippen LogP contribution is -2.54. The number of thiazole rings is 1. The van der Waals surface area contributed by atoms with Crippen molar-refractivity contribution >= 4 is 50.5 Å². The number of fused-ring (bicyclic) bond motifs is 3. The van der Waals surface area contributed by atoms with Crippen molar-refractivity contribution in [2.24, 2.45) is 32.8 Å². The van der Waals surface area contributed by atoms with Crippen LogP contribution in [0.2, 0.25) is 0 Å². The molecule has 7 rings (SSSR count). The number of amidine groups is 1. The molecule has 4 N–H and O–H groups in total. The van der Waals surface area contributed by atoms with Crippen molar-refractivity contribution in [3.05, 3.63) is 64.6 Å². The summed E-state index contributed by atoms with van der Waals surface area (Å²) in [7, 11) is -3.84. The van der Waals surface area contributed by atoms with Gasteiger partial charge in [0.1, 0.15) is 11.3 Å². The number of alkyl halides is 2. The van der Waals surface area contributed by atoms with Crippen molar-refractivity contribution in [2.45, 2.75) is 55.5 Å². The maximum atomic E-state index is 14.1. The Morgan fingerprint density at radius 2 is 2.00 bits per heavy atom. The summed E-state index contributed by atoms with van der Waals surface area (Å²) in [6.45, 7) is -2.27. The summed E-state index contributed by atoms with van der Waals surface area (Å²) in [5.74, 6) is 6.11. The molecule has 0 aromatic carbocycles. The zero-order chi connectivity index (χ0) is 32.1. The van der Waals surface area contributed by atoms with E-state index < -0.39 is 33.5 Å². The predicted octanol–water partition coefficient (Wildman–Crippen LogP) is 2.93. The van der Waals surface area contributed by atoms with E-state index in [0.29, 0.717) is 58.4 Å². The number of nitrogens with one attached hydrogen (secondary N) is 1. The Hall–Kier alpha value is -3.93. The quantitative estimate of drug-likeness (QED) is 0.177. The van der Waals surface area contributed by atoms with Gasteiger partial charge in [-0.2, -0.15) is 19.0 Å². The van der Waals surface area contributed by atoms with Gasteiger partial charge in [0.05, 0.1) is 23.7 Å². The van der Waals surface area contributed by atoms with Gasteiger partial charge in [-0.05, 0) is 55.7 Å². The molecule has 2 saturated carbocycles. The lowest BCUT2D eigenvalue weighted by molar-refractivity contribution is 0.0449. The molecule has 0 radical (unpaired) electrons. The van der Waals surface area contributed by atoms with Crippen LogP contribution in [0, 0.1) is 11.8 Å². The molecule has 1 saturated heterocycles. The number of pyridine rings is 1. The van der Waals surface area contributed by atoms with Crippen LogP contribution >= 0.6 is 11.3 Å². The fourth-order valence-corrected chi connectivity index (χ4v) is 10.3. The van der Waals surface area contributed by atoms with Gasteiger partial charge < -0.3 is 15.8 Å². The Morgan fingerprint density at radius 3 is 2.65 bits per heavy atom. The molecule has 242 valence electrons. The minimum Gasteiger partial charge on any atom is -0.383 e. The summed E-state index contributed by atoms with van der Waals surface area (Å²) in [5.41, 5.74) is 0.599. The fraction of sp³-hybridized carbons (Fsp3) is 0.448. The highest BCUT2D eigenvalue weighted by Crippen LogP contribution is 2.50. The molecule has 2 aliphatic heterocycles. The molecule has 3 aromatic rings. The van der Waals surface area contributed by atoms with Crippen LogP contribution in [0.4, 0.5) is 14.6 Å². The lowest BCUT2D eigenvalue weighted by Gasteiger charge is -2.40. The van der Waals surface area contributed by atoms with Gasteiger partial charge in [0.25, 0.3) is 0 Å². The molecule has 3 unspecified atom stereocenters. The van der Waals surface area contributed by atoms with E-state index in [1.165, 1.54) is 29.8 Å². The number of hydrazone groups is 1. The monoisotopic (exact) mass is 670 g/mol. The van der Waals surface area contributed by atoms with Crippen LogP contribution in [0.15, 0.2) is 69.0 Å². The summed E-state index contributed by atoms with van der Waals surface area (Å²) in [5, 5.41) is 21.4. The molecule has 3 atom stereocenters. The molecule has 0 spiro atoms. The minimum absolute atomic E-state index is 0.180. The van der Waals surface area contributed by atoms with E-state index >= 15 is 0 Å². The van der Waals surface area contributed by atoms with Crippen LogP contribution in [0.3, 0.4) is 0 Å². The summed E-state index contributed by atoms with van der Waals surface area (Å²) in [6, 6.07) is 6.29. The normalized spacial score (nSPS) is 28.4. The second-order valence-corrected chi connectivity index (χ2v) is 14.8. The average Bonchev–Trinajstić information content (AvgIpc) is 3.84. The maximum absolute atomic E-state index is 14.1. The van der Waals surface area contributed by atoms with Crippen molar-refractivity contribution in [2.75, 3.05) is 13.1 Å². The molecular formula is C29H32F2N10O3S2. The van der Waals surface area contributed by atoms with E-state index in [4.69, 9.17) is 10.8 Å². The van der Waals surface area contributed by atoms with Gasteiger partial charge in [-0.25, -0.2) is 32.8 Å². The third kappa shape index (κ3) is 5.65. The van der Waals surface area contributed by atoms with E-state index in [9.17, 15) is 22.3 Å². The first kappa shape index (κ1) is 30.7. The summed E-state index contributed by atoms with van der Waals surface area (Å²) < 4.78 is 58.3. The number of aliphatic hydroxyl groups is 1. The van der Waals surface area contributed by atoms with Crippen LogP contribution in [0.1, 0.15) is 49.4 Å². The second kappa shape index (κ2) is 12.0. The molecule has 2 bridgehead atoms. The minimum atomic E-state index is -3.84. The van der Waals surface area contributed by atoms with Gasteiger partial charge in [-0.15, -0.1) is 11.3 Å². The van der Waals surface area contributed by atoms with E-state index in [1.54, 1.807) is 30.6 Å². The van der Waals surface area contributed by atoms with Crippen molar-refractivity contribution in [1.29, 1.82) is 0 Å². The summed E-state index contributed by atoms with van der Waals surface area (Å²) in [4.78, 5) is 19.5. The Bertz CT molecular complexity index is 1810. The third-order valence-electron chi connectivity index (χ3n) is 9.21. The Labute approximate surface area is 267 Å². The van der Waals surface area contributed by atoms with Crippen LogP contribution < -0.4 is 10.6 Å².